The fraction of sp³-hybridized carbons (Fsp3) is 0.273. The molecule has 2 atom stereocenters. The van der Waals surface area contributed by atoms with Gasteiger partial charge in [-0.1, -0.05) is 6.07 Å². The summed E-state index contributed by atoms with van der Waals surface area (Å²) in [7, 11) is 1.58. The number of amides is 1. The molecule has 1 aliphatic heterocycles. The molecule has 0 fully saturated rings. The van der Waals surface area contributed by atoms with Gasteiger partial charge in [-0.05, 0) is 36.2 Å². The topological polar surface area (TPSA) is 98.6 Å². The van der Waals surface area contributed by atoms with Gasteiger partial charge in [0, 0.05) is 7.05 Å². The number of benzene rings is 1. The summed E-state index contributed by atoms with van der Waals surface area (Å²) in [5.74, 6) is -0.114. The Morgan fingerprint density at radius 1 is 1.21 bits per heavy atom. The van der Waals surface area contributed by atoms with Crippen LogP contribution < -0.4 is 5.73 Å². The third-order valence-corrected chi connectivity index (χ3v) is 5.99. The zero-order valence-corrected chi connectivity index (χ0v) is 17.7. The van der Waals surface area contributed by atoms with Gasteiger partial charge in [0.15, 0.2) is 0 Å². The molecule has 4 aromatic rings. The molecule has 33 heavy (non-hydrogen) atoms. The molecule has 2 N–H and O–H groups in total. The number of nitrogens with two attached hydrogens (primary N) is 1. The Hall–Kier alpha value is -3.73. The van der Waals surface area contributed by atoms with Gasteiger partial charge in [-0.2, -0.15) is 13.2 Å². The number of hydrogen-bond donors (Lipinski definition) is 1. The molecule has 5 rings (SSSR count). The van der Waals surface area contributed by atoms with E-state index in [9.17, 15) is 18.0 Å². The van der Waals surface area contributed by atoms with Crippen LogP contribution in [0.15, 0.2) is 43.0 Å². The summed E-state index contributed by atoms with van der Waals surface area (Å²) < 4.78 is 47.0. The molecule has 0 aliphatic carbocycles. The molecule has 3 aromatic heterocycles. The van der Waals surface area contributed by atoms with E-state index in [0.29, 0.717) is 33.5 Å². The first-order valence-electron chi connectivity index (χ1n) is 10.1. The van der Waals surface area contributed by atoms with E-state index in [2.05, 4.69) is 15.0 Å². The quantitative estimate of drug-likeness (QED) is 0.493. The van der Waals surface area contributed by atoms with Crippen LogP contribution >= 0.6 is 0 Å². The molecule has 0 radical (unpaired) electrons. The summed E-state index contributed by atoms with van der Waals surface area (Å²) >= 11 is 0. The highest BCUT2D eigenvalue weighted by molar-refractivity contribution is 5.96. The molecule has 8 nitrogen and oxygen atoms in total. The smallest absolute Gasteiger partial charge is 0.382 e. The van der Waals surface area contributed by atoms with E-state index < -0.39 is 29.8 Å². The van der Waals surface area contributed by atoms with Crippen molar-refractivity contribution in [3.8, 4) is 0 Å². The summed E-state index contributed by atoms with van der Waals surface area (Å²) in [6.45, 7) is 1.84. The number of aromatic nitrogens is 4. The number of ether oxygens (including phenoxy) is 1. The van der Waals surface area contributed by atoms with Gasteiger partial charge in [0.05, 0.1) is 48.6 Å². The Balaban J connectivity index is 1.52. The van der Waals surface area contributed by atoms with Crippen molar-refractivity contribution in [1.82, 2.24) is 24.3 Å². The number of carbonyl (C=O) groups is 1. The highest BCUT2D eigenvalue weighted by Crippen LogP contribution is 2.39. The number of likely N-dealkylation sites (N-methyl/N-ethyl adjacent to an activating group) is 1. The highest BCUT2D eigenvalue weighted by Gasteiger charge is 2.36. The predicted octanol–water partition coefficient (Wildman–Crippen LogP) is 3.78. The lowest BCUT2D eigenvalue weighted by Gasteiger charge is -2.36. The summed E-state index contributed by atoms with van der Waals surface area (Å²) in [5.41, 5.74) is 8.07. The van der Waals surface area contributed by atoms with Crippen molar-refractivity contribution >= 4 is 28.3 Å². The number of alkyl halides is 3. The van der Waals surface area contributed by atoms with Crippen LogP contribution in [0.25, 0.3) is 16.6 Å². The Bertz CT molecular complexity index is 1400. The number of anilines is 1. The minimum absolute atomic E-state index is 0.152. The number of fused-ring (bicyclic) bond motifs is 4. The van der Waals surface area contributed by atoms with Gasteiger partial charge in [-0.3, -0.25) is 9.20 Å². The second-order valence-corrected chi connectivity index (χ2v) is 7.95. The van der Waals surface area contributed by atoms with E-state index in [-0.39, 0.29) is 12.3 Å². The number of imidazole rings is 1. The van der Waals surface area contributed by atoms with E-state index in [1.54, 1.807) is 37.0 Å². The van der Waals surface area contributed by atoms with E-state index >= 15 is 0 Å². The molecule has 1 aromatic carbocycles. The number of pyridine rings is 1. The van der Waals surface area contributed by atoms with E-state index in [1.807, 2.05) is 0 Å². The lowest BCUT2D eigenvalue weighted by Crippen LogP contribution is -2.37. The van der Waals surface area contributed by atoms with Gasteiger partial charge in [0.1, 0.15) is 22.5 Å². The largest absolute Gasteiger partial charge is 0.416 e. The monoisotopic (exact) mass is 456 g/mol. The Morgan fingerprint density at radius 2 is 2.00 bits per heavy atom. The van der Waals surface area contributed by atoms with Crippen molar-refractivity contribution in [2.75, 3.05) is 19.4 Å². The van der Waals surface area contributed by atoms with Crippen LogP contribution in [0.2, 0.25) is 0 Å². The number of nitrogens with zero attached hydrogens (tertiary/aromatic N) is 5. The van der Waals surface area contributed by atoms with Crippen LogP contribution in [0, 0.1) is 0 Å². The van der Waals surface area contributed by atoms with Crippen molar-refractivity contribution in [3.05, 3.63) is 65.4 Å². The maximum absolute atomic E-state index is 13.3. The highest BCUT2D eigenvalue weighted by atomic mass is 19.4. The third kappa shape index (κ3) is 3.44. The minimum Gasteiger partial charge on any atom is -0.382 e. The Morgan fingerprint density at radius 3 is 2.76 bits per heavy atom. The molecule has 0 saturated heterocycles. The molecule has 0 bridgehead atoms. The predicted molar refractivity (Wildman–Crippen MR) is 113 cm³/mol. The maximum Gasteiger partial charge on any atom is 0.416 e. The fourth-order valence-corrected chi connectivity index (χ4v) is 4.16. The molecule has 1 amide bonds. The second-order valence-electron chi connectivity index (χ2n) is 7.95. The average Bonchev–Trinajstić information content (AvgIpc) is 3.29. The molecule has 1 aliphatic rings. The third-order valence-electron chi connectivity index (χ3n) is 5.99. The first-order valence-corrected chi connectivity index (χ1v) is 10.1. The standard InChI is InChI=1S/C22H19F3N6O2/c1-11-14-5-12(22(23,24)25)3-4-13(14)19(9-33-11)30(2)21(32)15-6-17-16(7-28-15)29-20(26)18-8-27-10-31(17)18/h3-8,10-11,19H,9H2,1-2H3,(H2,26,29)/t11-,19-/m1/s1. The Labute approximate surface area is 185 Å². The normalized spacial score (nSPS) is 18.5. The molecule has 0 unspecified atom stereocenters. The van der Waals surface area contributed by atoms with Gasteiger partial charge in [-0.15, -0.1) is 0 Å². The summed E-state index contributed by atoms with van der Waals surface area (Å²) in [5, 5.41) is 0. The molecule has 0 saturated carbocycles. The van der Waals surface area contributed by atoms with Gasteiger partial charge in [0.25, 0.3) is 5.91 Å². The lowest BCUT2D eigenvalue weighted by molar-refractivity contribution is -0.137. The first kappa shape index (κ1) is 21.1. The molecule has 0 spiro atoms. The van der Waals surface area contributed by atoms with E-state index in [0.717, 1.165) is 12.1 Å². The number of halogens is 3. The zero-order chi connectivity index (χ0) is 23.5. The van der Waals surface area contributed by atoms with Gasteiger partial charge < -0.3 is 15.4 Å². The molecule has 170 valence electrons. The second kappa shape index (κ2) is 7.41. The first-order chi connectivity index (χ1) is 15.6. The molecular weight excluding hydrogens is 437 g/mol. The SMILES string of the molecule is C[C@H]1OC[C@@H](N(C)C(=O)c2cc3c(cn2)nc(N)c2cncn23)c2ccc(C(F)(F)F)cc21. The number of hydrogen-bond acceptors (Lipinski definition) is 6. The van der Waals surface area contributed by atoms with Crippen LogP contribution in [-0.2, 0) is 10.9 Å². The molecule has 4 heterocycles. The zero-order valence-electron chi connectivity index (χ0n) is 17.7. The maximum atomic E-state index is 13.3. The van der Waals surface area contributed by atoms with Crippen LogP contribution in [-0.4, -0.2) is 43.8 Å². The van der Waals surface area contributed by atoms with Crippen molar-refractivity contribution in [2.45, 2.75) is 25.2 Å². The summed E-state index contributed by atoms with van der Waals surface area (Å²) in [6.07, 6.45) is -0.392. The minimum atomic E-state index is -4.46. The Kier molecular flexibility index (Phi) is 4.74. The van der Waals surface area contributed by atoms with E-state index in [1.165, 1.54) is 17.2 Å². The lowest BCUT2D eigenvalue weighted by atomic mass is 9.92. The average molecular weight is 456 g/mol. The van der Waals surface area contributed by atoms with Gasteiger partial charge >= 0.3 is 6.18 Å². The van der Waals surface area contributed by atoms with Gasteiger partial charge in [-0.25, -0.2) is 15.0 Å². The summed E-state index contributed by atoms with van der Waals surface area (Å²) in [6, 6.07) is 4.56. The summed E-state index contributed by atoms with van der Waals surface area (Å²) in [4.78, 5) is 27.4. The van der Waals surface area contributed by atoms with Crippen molar-refractivity contribution in [2.24, 2.45) is 0 Å². The van der Waals surface area contributed by atoms with E-state index in [4.69, 9.17) is 10.5 Å². The van der Waals surface area contributed by atoms with Gasteiger partial charge in [0.2, 0.25) is 0 Å². The van der Waals surface area contributed by atoms with Crippen molar-refractivity contribution < 1.29 is 22.7 Å². The van der Waals surface area contributed by atoms with Crippen LogP contribution in [0.1, 0.15) is 46.2 Å². The van der Waals surface area contributed by atoms with Crippen molar-refractivity contribution in [1.29, 1.82) is 0 Å². The van der Waals surface area contributed by atoms with Crippen LogP contribution in [0.4, 0.5) is 19.0 Å². The molecular formula is C22H19F3N6O2. The fourth-order valence-electron chi connectivity index (χ4n) is 4.16. The number of nitrogen functional groups attached to an aromatic ring is 1. The molecule has 11 heteroatoms. The van der Waals surface area contributed by atoms with Crippen molar-refractivity contribution in [3.63, 3.8) is 0 Å². The van der Waals surface area contributed by atoms with Crippen LogP contribution in [0.5, 0.6) is 0 Å². The number of rotatable bonds is 2. The van der Waals surface area contributed by atoms with Crippen LogP contribution in [0.3, 0.4) is 0 Å². The number of carbonyl (C=O) groups excluding carboxylic acids is 1.